The molecule has 0 amide bonds. The second-order valence-electron chi connectivity index (χ2n) is 20.4. The molecule has 12 rings (SSSR count). The monoisotopic (exact) mass is 928 g/mol. The molecule has 0 atom stereocenters. The van der Waals surface area contributed by atoms with Gasteiger partial charge in [0.2, 0.25) is 0 Å². The fraction of sp³-hybridized carbons (Fsp3) is 0.101. The maximum Gasteiger partial charge on any atom is 0.136 e. The highest BCUT2D eigenvalue weighted by Crippen LogP contribution is 2.46. The summed E-state index contributed by atoms with van der Waals surface area (Å²) >= 11 is 0. The van der Waals surface area contributed by atoms with Crippen LogP contribution in [0.1, 0.15) is 51.7 Å². The van der Waals surface area contributed by atoms with Crippen molar-refractivity contribution in [3.63, 3.8) is 0 Å². The van der Waals surface area contributed by atoms with Gasteiger partial charge >= 0.3 is 0 Å². The quantitative estimate of drug-likeness (QED) is 0.136. The van der Waals surface area contributed by atoms with Crippen molar-refractivity contribution in [3.8, 4) is 33.4 Å². The van der Waals surface area contributed by atoms with Gasteiger partial charge in [-0.25, -0.2) is 0 Å². The first-order valence-corrected chi connectivity index (χ1v) is 25.2. The van der Waals surface area contributed by atoms with Crippen LogP contribution in [0.5, 0.6) is 0 Å². The number of furan rings is 1. The number of nitrogens with zero attached hydrogens (tertiary/aromatic N) is 2. The fourth-order valence-electron chi connectivity index (χ4n) is 10.4. The molecule has 0 fully saturated rings. The molecular weight excluding hydrogens is 873 g/mol. The van der Waals surface area contributed by atoms with Crippen molar-refractivity contribution in [3.05, 3.63) is 254 Å². The summed E-state index contributed by atoms with van der Waals surface area (Å²) in [7, 11) is 0. The molecule has 0 saturated heterocycles. The Bertz CT molecular complexity index is 3920. The average molecular weight is 929 g/mol. The zero-order valence-electron chi connectivity index (χ0n) is 41.5. The zero-order chi connectivity index (χ0) is 48.9. The minimum Gasteiger partial charge on any atom is -0.456 e. The number of anilines is 6. The highest BCUT2D eigenvalue weighted by molar-refractivity contribution is 6.14. The van der Waals surface area contributed by atoms with Crippen LogP contribution in [0.15, 0.2) is 247 Å². The van der Waals surface area contributed by atoms with Crippen LogP contribution in [-0.4, -0.2) is 0 Å². The molecule has 348 valence electrons. The average Bonchev–Trinajstić information content (AvgIpc) is 3.76. The van der Waals surface area contributed by atoms with Gasteiger partial charge in [-0.1, -0.05) is 192 Å². The van der Waals surface area contributed by atoms with Crippen molar-refractivity contribution in [2.24, 2.45) is 0 Å². The molecule has 0 aliphatic heterocycles. The van der Waals surface area contributed by atoms with Gasteiger partial charge in [0.25, 0.3) is 0 Å². The summed E-state index contributed by atoms with van der Waals surface area (Å²) in [6.45, 7) is 11.3. The summed E-state index contributed by atoms with van der Waals surface area (Å²) < 4.78 is 6.86. The van der Waals surface area contributed by atoms with Crippen LogP contribution < -0.4 is 9.80 Å². The number of rotatable bonds is 10. The van der Waals surface area contributed by atoms with E-state index in [1.54, 1.807) is 0 Å². The molecule has 3 nitrogen and oxygen atoms in total. The highest BCUT2D eigenvalue weighted by atomic mass is 16.3. The summed E-state index contributed by atoms with van der Waals surface area (Å²) in [4.78, 5) is 4.78. The lowest BCUT2D eigenvalue weighted by molar-refractivity contribution is 0.590. The third-order valence-corrected chi connectivity index (χ3v) is 14.3. The molecule has 11 aromatic carbocycles. The molecule has 0 aliphatic carbocycles. The molecule has 0 aliphatic rings. The first-order valence-electron chi connectivity index (χ1n) is 25.2. The summed E-state index contributed by atoms with van der Waals surface area (Å²) in [5.41, 5.74) is 18.1. The number of para-hydroxylation sites is 3. The van der Waals surface area contributed by atoms with Crippen molar-refractivity contribution in [1.29, 1.82) is 0 Å². The van der Waals surface area contributed by atoms with Gasteiger partial charge in [0, 0.05) is 44.6 Å². The largest absolute Gasteiger partial charge is 0.456 e. The van der Waals surface area contributed by atoms with E-state index < -0.39 is 0 Å². The molecule has 0 spiro atoms. The number of fused-ring (bicyclic) bond motifs is 5. The Kier molecular flexibility index (Phi) is 11.3. The van der Waals surface area contributed by atoms with Crippen molar-refractivity contribution in [2.75, 3.05) is 9.80 Å². The molecule has 3 heteroatoms. The van der Waals surface area contributed by atoms with E-state index in [9.17, 15) is 0 Å². The van der Waals surface area contributed by atoms with E-state index in [2.05, 4.69) is 287 Å². The summed E-state index contributed by atoms with van der Waals surface area (Å²) in [6.07, 6.45) is 0. The Morgan fingerprint density at radius 3 is 1.35 bits per heavy atom. The van der Waals surface area contributed by atoms with Crippen LogP contribution in [-0.2, 0) is 5.41 Å². The normalized spacial score (nSPS) is 11.8. The fourth-order valence-corrected chi connectivity index (χ4v) is 10.4. The van der Waals surface area contributed by atoms with Gasteiger partial charge in [-0.3, -0.25) is 0 Å². The Balaban J connectivity index is 0.959. The molecular formula is C69H56N2O. The van der Waals surface area contributed by atoms with Crippen LogP contribution in [0.3, 0.4) is 0 Å². The molecule has 72 heavy (non-hydrogen) atoms. The van der Waals surface area contributed by atoms with Crippen LogP contribution in [0.2, 0.25) is 0 Å². The summed E-state index contributed by atoms with van der Waals surface area (Å²) in [5.74, 6) is 0.460. The SMILES string of the molecule is CC(C)c1ccc(-c2ccccc2N(c2cccc(-c3ccccc3)c2)c2ccc3cc4c(cc3c2)oc2cc3cc(N(c5ccccc5)c5ccccc5-c5ccc(C(C)(C)C)cc5)ccc3cc24)cc1. The van der Waals surface area contributed by atoms with Gasteiger partial charge in [-0.2, -0.15) is 0 Å². The lowest BCUT2D eigenvalue weighted by Gasteiger charge is -2.28. The molecule has 0 N–H and O–H groups in total. The molecule has 1 heterocycles. The van der Waals surface area contributed by atoms with Gasteiger partial charge in [0.15, 0.2) is 0 Å². The Morgan fingerprint density at radius 1 is 0.347 bits per heavy atom. The molecule has 0 radical (unpaired) electrons. The Hall–Kier alpha value is -8.66. The minimum atomic E-state index is 0.0783. The standard InChI is InChI=1S/C69H56N2O/c1-46(2)47-27-29-49(30-28-47)61-23-13-15-26-66(61)71(58-22-16-19-51(39-58)48-17-8-6-9-18-48)60-38-34-53-43-64-63-42-52-33-37-59(40-54(52)44-67(63)72-68(64)45-55(53)41-60)70(57-20-10-7-11-21-57)65-25-14-12-24-62(65)50-31-35-56(36-32-50)69(3,4)5/h6-46H,1-5H3. The van der Waals surface area contributed by atoms with Gasteiger partial charge in [-0.15, -0.1) is 0 Å². The first kappa shape index (κ1) is 44.5. The zero-order valence-corrected chi connectivity index (χ0v) is 41.5. The number of hydrogen-bond donors (Lipinski definition) is 0. The Labute approximate surface area is 422 Å². The molecule has 1 aromatic heterocycles. The van der Waals surface area contributed by atoms with E-state index in [4.69, 9.17) is 4.42 Å². The smallest absolute Gasteiger partial charge is 0.136 e. The minimum absolute atomic E-state index is 0.0783. The maximum absolute atomic E-state index is 6.86. The van der Waals surface area contributed by atoms with Crippen molar-refractivity contribution >= 4 is 77.6 Å². The second kappa shape index (κ2) is 18.3. The predicted octanol–water partition coefficient (Wildman–Crippen LogP) is 20.3. The van der Waals surface area contributed by atoms with Crippen molar-refractivity contribution < 1.29 is 4.42 Å². The summed E-state index contributed by atoms with van der Waals surface area (Å²) in [5, 5.41) is 6.76. The lowest BCUT2D eigenvalue weighted by atomic mass is 9.86. The lowest BCUT2D eigenvalue weighted by Crippen LogP contribution is -2.12. The third kappa shape index (κ3) is 8.37. The number of benzene rings is 11. The van der Waals surface area contributed by atoms with Crippen molar-refractivity contribution in [2.45, 2.75) is 46.0 Å². The maximum atomic E-state index is 6.86. The predicted molar refractivity (Wildman–Crippen MR) is 307 cm³/mol. The summed E-state index contributed by atoms with van der Waals surface area (Å²) in [6, 6.07) is 88.5. The first-order chi connectivity index (χ1) is 35.1. The van der Waals surface area contributed by atoms with E-state index in [0.717, 1.165) is 77.6 Å². The van der Waals surface area contributed by atoms with E-state index in [1.807, 2.05) is 0 Å². The Morgan fingerprint density at radius 2 is 0.806 bits per heavy atom. The van der Waals surface area contributed by atoms with Gasteiger partial charge < -0.3 is 14.2 Å². The van der Waals surface area contributed by atoms with Gasteiger partial charge in [-0.05, 0) is 151 Å². The van der Waals surface area contributed by atoms with Crippen molar-refractivity contribution in [1.82, 2.24) is 0 Å². The van der Waals surface area contributed by atoms with Gasteiger partial charge in [0.1, 0.15) is 11.2 Å². The molecule has 0 bridgehead atoms. The van der Waals surface area contributed by atoms with Gasteiger partial charge in [0.05, 0.1) is 11.4 Å². The van der Waals surface area contributed by atoms with Crippen LogP contribution in [0, 0.1) is 0 Å². The van der Waals surface area contributed by atoms with Crippen LogP contribution in [0.25, 0.3) is 76.9 Å². The van der Waals surface area contributed by atoms with Crippen LogP contribution >= 0.6 is 0 Å². The molecule has 0 unspecified atom stereocenters. The van der Waals surface area contributed by atoms with E-state index in [0.29, 0.717) is 5.92 Å². The van der Waals surface area contributed by atoms with E-state index in [1.165, 1.54) is 44.5 Å². The molecule has 0 saturated carbocycles. The highest BCUT2D eigenvalue weighted by Gasteiger charge is 2.22. The van der Waals surface area contributed by atoms with E-state index >= 15 is 0 Å². The third-order valence-electron chi connectivity index (χ3n) is 14.3. The topological polar surface area (TPSA) is 19.6 Å². The second-order valence-corrected chi connectivity index (χ2v) is 20.4. The van der Waals surface area contributed by atoms with Crippen LogP contribution in [0.4, 0.5) is 34.1 Å². The van der Waals surface area contributed by atoms with E-state index in [-0.39, 0.29) is 5.41 Å². The molecule has 12 aromatic rings. The number of hydrogen-bond acceptors (Lipinski definition) is 3.